The quantitative estimate of drug-likeness (QED) is 0.716. The van der Waals surface area contributed by atoms with E-state index in [2.05, 4.69) is 15.3 Å². The molecule has 3 heterocycles. The molecule has 0 spiro atoms. The second kappa shape index (κ2) is 10.6. The standard InChI is InChI=1S/C24H29FN4O3/c25-21-6-2-1-4-18(21)14-27-24(31)20-15-26-16-28-22(20)12-17-7-9-29(10-8-17)23(30)13-19-5-3-11-32-19/h1-2,4,6,15-17,19H,3,5,7-14H2,(H,27,31)/t19-/m1/s1. The van der Waals surface area contributed by atoms with E-state index in [4.69, 9.17) is 4.74 Å². The molecule has 2 aliphatic rings. The van der Waals surface area contributed by atoms with Crippen molar-refractivity contribution in [1.29, 1.82) is 0 Å². The van der Waals surface area contributed by atoms with E-state index >= 15 is 0 Å². The van der Waals surface area contributed by atoms with Gasteiger partial charge in [0.2, 0.25) is 5.91 Å². The molecule has 0 aliphatic carbocycles. The van der Waals surface area contributed by atoms with Gasteiger partial charge in [0.25, 0.3) is 5.91 Å². The van der Waals surface area contributed by atoms with E-state index in [1.54, 1.807) is 18.2 Å². The van der Waals surface area contributed by atoms with E-state index in [-0.39, 0.29) is 30.3 Å². The molecule has 1 N–H and O–H groups in total. The molecule has 4 rings (SSSR count). The Morgan fingerprint density at radius 3 is 2.75 bits per heavy atom. The van der Waals surface area contributed by atoms with Crippen molar-refractivity contribution in [2.24, 2.45) is 5.92 Å². The summed E-state index contributed by atoms with van der Waals surface area (Å²) in [7, 11) is 0. The molecule has 1 aromatic heterocycles. The molecule has 0 radical (unpaired) electrons. The Morgan fingerprint density at radius 1 is 1.19 bits per heavy atom. The summed E-state index contributed by atoms with van der Waals surface area (Å²) < 4.78 is 19.4. The summed E-state index contributed by atoms with van der Waals surface area (Å²) in [6.45, 7) is 2.30. The topological polar surface area (TPSA) is 84.4 Å². The van der Waals surface area contributed by atoms with Crippen LogP contribution in [0.1, 0.15) is 53.7 Å². The maximum Gasteiger partial charge on any atom is 0.254 e. The lowest BCUT2D eigenvalue weighted by Crippen LogP contribution is -2.40. The van der Waals surface area contributed by atoms with E-state index in [9.17, 15) is 14.0 Å². The van der Waals surface area contributed by atoms with E-state index in [1.807, 2.05) is 4.90 Å². The maximum absolute atomic E-state index is 13.8. The van der Waals surface area contributed by atoms with Gasteiger partial charge in [0.15, 0.2) is 0 Å². The number of nitrogens with zero attached hydrogens (tertiary/aromatic N) is 3. The van der Waals surface area contributed by atoms with Crippen molar-refractivity contribution < 1.29 is 18.7 Å². The van der Waals surface area contributed by atoms with Crippen LogP contribution in [0.25, 0.3) is 0 Å². The first-order chi connectivity index (χ1) is 15.6. The van der Waals surface area contributed by atoms with Gasteiger partial charge in [0, 0.05) is 38.0 Å². The number of halogens is 1. The Morgan fingerprint density at radius 2 is 2.00 bits per heavy atom. The molecule has 32 heavy (non-hydrogen) atoms. The van der Waals surface area contributed by atoms with Crippen LogP contribution in [-0.2, 0) is 22.5 Å². The third-order valence-corrected chi connectivity index (χ3v) is 6.31. The number of amides is 2. The minimum absolute atomic E-state index is 0.0756. The fraction of sp³-hybridized carbons (Fsp3) is 0.500. The van der Waals surface area contributed by atoms with Crippen molar-refractivity contribution in [3.63, 3.8) is 0 Å². The number of carbonyl (C=O) groups is 2. The third kappa shape index (κ3) is 5.68. The summed E-state index contributed by atoms with van der Waals surface area (Å²) in [4.78, 5) is 35.5. The van der Waals surface area contributed by atoms with Crippen molar-refractivity contribution in [2.45, 2.75) is 51.2 Å². The fourth-order valence-electron chi connectivity index (χ4n) is 4.41. The third-order valence-electron chi connectivity index (χ3n) is 6.31. The summed E-state index contributed by atoms with van der Waals surface area (Å²) in [6, 6.07) is 6.37. The first kappa shape index (κ1) is 22.3. The Bertz CT molecular complexity index is 940. The molecule has 8 heteroatoms. The summed E-state index contributed by atoms with van der Waals surface area (Å²) >= 11 is 0. The van der Waals surface area contributed by atoms with Gasteiger partial charge < -0.3 is 15.0 Å². The number of rotatable bonds is 7. The Hall–Kier alpha value is -2.87. The average molecular weight is 441 g/mol. The molecular weight excluding hydrogens is 411 g/mol. The summed E-state index contributed by atoms with van der Waals surface area (Å²) in [5, 5.41) is 2.77. The number of benzene rings is 1. The number of hydrogen-bond donors (Lipinski definition) is 1. The van der Waals surface area contributed by atoms with Crippen molar-refractivity contribution in [1.82, 2.24) is 20.2 Å². The highest BCUT2D eigenvalue weighted by Gasteiger charge is 2.27. The van der Waals surface area contributed by atoms with Crippen LogP contribution in [0.3, 0.4) is 0 Å². The van der Waals surface area contributed by atoms with Crippen LogP contribution in [0.2, 0.25) is 0 Å². The SMILES string of the molecule is O=C(NCc1ccccc1F)c1cncnc1CC1CCN(C(=O)C[C@H]2CCCO2)CC1. The van der Waals surface area contributed by atoms with E-state index < -0.39 is 0 Å². The number of likely N-dealkylation sites (tertiary alicyclic amines) is 1. The molecule has 0 bridgehead atoms. The Balaban J connectivity index is 1.30. The summed E-state index contributed by atoms with van der Waals surface area (Å²) in [5.74, 6) is -0.147. The molecular formula is C24H29FN4O3. The second-order valence-corrected chi connectivity index (χ2v) is 8.52. The van der Waals surface area contributed by atoms with Gasteiger partial charge in [-0.1, -0.05) is 18.2 Å². The lowest BCUT2D eigenvalue weighted by atomic mass is 9.90. The van der Waals surface area contributed by atoms with Crippen LogP contribution >= 0.6 is 0 Å². The van der Waals surface area contributed by atoms with Crippen molar-refractivity contribution in [3.8, 4) is 0 Å². The normalized spacial score (nSPS) is 19.2. The number of nitrogens with one attached hydrogen (secondary N) is 1. The fourth-order valence-corrected chi connectivity index (χ4v) is 4.41. The monoisotopic (exact) mass is 440 g/mol. The van der Waals surface area contributed by atoms with Gasteiger partial charge in [-0.25, -0.2) is 14.4 Å². The van der Waals surface area contributed by atoms with Crippen molar-refractivity contribution in [3.05, 3.63) is 59.4 Å². The molecule has 1 atom stereocenters. The zero-order valence-corrected chi connectivity index (χ0v) is 18.1. The van der Waals surface area contributed by atoms with Crippen LogP contribution in [0.15, 0.2) is 36.8 Å². The number of ether oxygens (including phenoxy) is 1. The van der Waals surface area contributed by atoms with Crippen molar-refractivity contribution in [2.75, 3.05) is 19.7 Å². The van der Waals surface area contributed by atoms with Gasteiger partial charge in [0.1, 0.15) is 12.1 Å². The molecule has 2 amide bonds. The van der Waals surface area contributed by atoms with Gasteiger partial charge >= 0.3 is 0 Å². The number of carbonyl (C=O) groups excluding carboxylic acids is 2. The van der Waals surface area contributed by atoms with Crippen LogP contribution in [0.5, 0.6) is 0 Å². The molecule has 2 saturated heterocycles. The predicted molar refractivity (Wildman–Crippen MR) is 116 cm³/mol. The molecule has 2 aliphatic heterocycles. The van der Waals surface area contributed by atoms with Gasteiger partial charge in [-0.3, -0.25) is 9.59 Å². The lowest BCUT2D eigenvalue weighted by Gasteiger charge is -2.32. The minimum atomic E-state index is -0.349. The zero-order chi connectivity index (χ0) is 22.3. The highest BCUT2D eigenvalue weighted by molar-refractivity contribution is 5.94. The number of aromatic nitrogens is 2. The first-order valence-electron chi connectivity index (χ1n) is 11.3. The van der Waals surface area contributed by atoms with Gasteiger partial charge in [-0.05, 0) is 44.1 Å². The second-order valence-electron chi connectivity index (χ2n) is 8.52. The molecule has 0 saturated carbocycles. The summed E-state index contributed by atoms with van der Waals surface area (Å²) in [6.07, 6.45) is 7.91. The molecule has 2 fully saturated rings. The molecule has 170 valence electrons. The van der Waals surface area contributed by atoms with Crippen molar-refractivity contribution >= 4 is 11.8 Å². The van der Waals surface area contributed by atoms with E-state index in [0.29, 0.717) is 35.6 Å². The largest absolute Gasteiger partial charge is 0.378 e. The average Bonchev–Trinajstić information content (AvgIpc) is 3.32. The van der Waals surface area contributed by atoms with Crippen LogP contribution in [0.4, 0.5) is 4.39 Å². The number of piperidine rings is 1. The number of hydrogen-bond acceptors (Lipinski definition) is 5. The summed E-state index contributed by atoms with van der Waals surface area (Å²) in [5.41, 5.74) is 1.54. The molecule has 0 unspecified atom stereocenters. The van der Waals surface area contributed by atoms with E-state index in [1.165, 1.54) is 18.6 Å². The minimum Gasteiger partial charge on any atom is -0.378 e. The molecule has 7 nitrogen and oxygen atoms in total. The lowest BCUT2D eigenvalue weighted by molar-refractivity contribution is -0.134. The van der Waals surface area contributed by atoms with E-state index in [0.717, 1.165) is 45.4 Å². The smallest absolute Gasteiger partial charge is 0.254 e. The highest BCUT2D eigenvalue weighted by atomic mass is 19.1. The maximum atomic E-state index is 13.8. The molecule has 1 aromatic carbocycles. The van der Waals surface area contributed by atoms with Crippen LogP contribution in [0, 0.1) is 11.7 Å². The van der Waals surface area contributed by atoms with Crippen LogP contribution in [-0.4, -0.2) is 52.5 Å². The Labute approximate surface area is 187 Å². The van der Waals surface area contributed by atoms with Gasteiger partial charge in [0.05, 0.1) is 23.8 Å². The van der Waals surface area contributed by atoms with Gasteiger partial charge in [-0.15, -0.1) is 0 Å². The zero-order valence-electron chi connectivity index (χ0n) is 18.1. The highest BCUT2D eigenvalue weighted by Crippen LogP contribution is 2.24. The van der Waals surface area contributed by atoms with Gasteiger partial charge in [-0.2, -0.15) is 0 Å². The Kier molecular flexibility index (Phi) is 7.42. The molecule has 2 aromatic rings. The van der Waals surface area contributed by atoms with Crippen LogP contribution < -0.4 is 5.32 Å². The first-order valence-corrected chi connectivity index (χ1v) is 11.3. The predicted octanol–water partition coefficient (Wildman–Crippen LogP) is 2.90.